The molecule has 4 nitrogen and oxygen atoms in total. The van der Waals surface area contributed by atoms with Crippen molar-refractivity contribution in [3.63, 3.8) is 0 Å². The van der Waals surface area contributed by atoms with Crippen LogP contribution in [-0.2, 0) is 4.74 Å². The minimum absolute atomic E-state index is 0.0133. The van der Waals surface area contributed by atoms with Crippen molar-refractivity contribution in [3.05, 3.63) is 21.4 Å². The molecule has 1 amide bonds. The second-order valence-electron chi connectivity index (χ2n) is 4.97. The molecule has 0 bridgehead atoms. The molecular formula is C15H20N2O2S. The fraction of sp³-hybridized carbons (Fsp3) is 0.533. The lowest BCUT2D eigenvalue weighted by Gasteiger charge is -2.11. The van der Waals surface area contributed by atoms with Crippen LogP contribution in [0.4, 0.5) is 0 Å². The maximum absolute atomic E-state index is 12.2. The lowest BCUT2D eigenvalue weighted by Crippen LogP contribution is -2.32. The minimum Gasteiger partial charge on any atom is -0.381 e. The van der Waals surface area contributed by atoms with E-state index >= 15 is 0 Å². The number of nitrogens with two attached hydrogens (primary N) is 1. The third-order valence-corrected chi connectivity index (χ3v) is 4.65. The zero-order valence-corrected chi connectivity index (χ0v) is 12.7. The van der Waals surface area contributed by atoms with Gasteiger partial charge >= 0.3 is 0 Å². The van der Waals surface area contributed by atoms with Gasteiger partial charge in [0.2, 0.25) is 0 Å². The predicted octanol–water partition coefficient (Wildman–Crippen LogP) is 1.66. The van der Waals surface area contributed by atoms with E-state index in [-0.39, 0.29) is 18.1 Å². The Kier molecular flexibility index (Phi) is 5.18. The summed E-state index contributed by atoms with van der Waals surface area (Å²) in [5.41, 5.74) is 6.40. The second kappa shape index (κ2) is 6.89. The highest BCUT2D eigenvalue weighted by molar-refractivity contribution is 7.14. The predicted molar refractivity (Wildman–Crippen MR) is 80.9 cm³/mol. The summed E-state index contributed by atoms with van der Waals surface area (Å²) in [7, 11) is 1.72. The van der Waals surface area contributed by atoms with Crippen molar-refractivity contribution < 1.29 is 9.53 Å². The smallest absolute Gasteiger partial charge is 0.261 e. The summed E-state index contributed by atoms with van der Waals surface area (Å²) in [6.07, 6.45) is 3.16. The Bertz CT molecular complexity index is 542. The highest BCUT2D eigenvalue weighted by Crippen LogP contribution is 2.24. The number of nitrogens with one attached hydrogen (secondary N) is 1. The molecule has 2 unspecified atom stereocenters. The molecule has 1 aromatic rings. The van der Waals surface area contributed by atoms with Crippen LogP contribution in [0.3, 0.4) is 0 Å². The Labute approximate surface area is 123 Å². The molecule has 2 atom stereocenters. The monoisotopic (exact) mass is 292 g/mol. The summed E-state index contributed by atoms with van der Waals surface area (Å²) >= 11 is 1.43. The lowest BCUT2D eigenvalue weighted by atomic mass is 10.2. The molecule has 1 aliphatic rings. The van der Waals surface area contributed by atoms with E-state index in [4.69, 9.17) is 10.5 Å². The molecule has 2 rings (SSSR count). The molecule has 1 aromatic heterocycles. The van der Waals surface area contributed by atoms with Crippen LogP contribution in [-0.4, -0.2) is 31.7 Å². The molecule has 0 radical (unpaired) electrons. The molecule has 20 heavy (non-hydrogen) atoms. The average Bonchev–Trinajstić information content (AvgIpc) is 3.03. The van der Waals surface area contributed by atoms with Gasteiger partial charge in [-0.05, 0) is 37.8 Å². The highest BCUT2D eigenvalue weighted by atomic mass is 32.1. The van der Waals surface area contributed by atoms with Crippen LogP contribution in [0.15, 0.2) is 6.07 Å². The highest BCUT2D eigenvalue weighted by Gasteiger charge is 2.26. The summed E-state index contributed by atoms with van der Waals surface area (Å²) in [5, 5.41) is 3.07. The van der Waals surface area contributed by atoms with Gasteiger partial charge in [0.15, 0.2) is 0 Å². The second-order valence-corrected chi connectivity index (χ2v) is 6.02. The van der Waals surface area contributed by atoms with Crippen molar-refractivity contribution in [1.82, 2.24) is 5.32 Å². The number of methoxy groups -OCH3 is 1. The van der Waals surface area contributed by atoms with Gasteiger partial charge < -0.3 is 15.8 Å². The fourth-order valence-electron chi connectivity index (χ4n) is 2.39. The zero-order valence-electron chi connectivity index (χ0n) is 11.9. The van der Waals surface area contributed by atoms with Crippen LogP contribution >= 0.6 is 11.3 Å². The topological polar surface area (TPSA) is 64.3 Å². The van der Waals surface area contributed by atoms with E-state index < -0.39 is 0 Å². The minimum atomic E-state index is -0.0133. The van der Waals surface area contributed by atoms with Crippen molar-refractivity contribution in [2.24, 2.45) is 5.73 Å². The molecule has 5 heteroatoms. The van der Waals surface area contributed by atoms with Gasteiger partial charge in [0.1, 0.15) is 0 Å². The van der Waals surface area contributed by atoms with Crippen molar-refractivity contribution in [2.45, 2.75) is 38.3 Å². The van der Waals surface area contributed by atoms with Crippen LogP contribution in [0, 0.1) is 18.8 Å². The van der Waals surface area contributed by atoms with E-state index in [2.05, 4.69) is 17.2 Å². The number of amides is 1. The maximum atomic E-state index is 12.2. The summed E-state index contributed by atoms with van der Waals surface area (Å²) in [4.78, 5) is 13.9. The first-order chi connectivity index (χ1) is 9.63. The fourth-order valence-corrected chi connectivity index (χ4v) is 3.34. The van der Waals surface area contributed by atoms with Crippen LogP contribution in [0.1, 0.15) is 39.4 Å². The molecule has 1 saturated carbocycles. The lowest BCUT2D eigenvalue weighted by molar-refractivity contribution is 0.0918. The quantitative estimate of drug-likeness (QED) is 0.833. The third kappa shape index (κ3) is 3.60. The van der Waals surface area contributed by atoms with Gasteiger partial charge in [0.05, 0.1) is 22.4 Å². The van der Waals surface area contributed by atoms with Crippen LogP contribution in [0.25, 0.3) is 0 Å². The number of carbonyl (C=O) groups is 1. The molecule has 1 heterocycles. The first-order valence-corrected chi connectivity index (χ1v) is 7.58. The van der Waals surface area contributed by atoms with Crippen molar-refractivity contribution >= 4 is 17.2 Å². The maximum Gasteiger partial charge on any atom is 0.261 e. The molecule has 108 valence electrons. The summed E-state index contributed by atoms with van der Waals surface area (Å²) < 4.78 is 5.32. The van der Waals surface area contributed by atoms with Gasteiger partial charge in [-0.3, -0.25) is 4.79 Å². The average molecular weight is 292 g/mol. The molecule has 3 N–H and O–H groups in total. The van der Waals surface area contributed by atoms with E-state index in [0.717, 1.165) is 29.7 Å². The van der Waals surface area contributed by atoms with Gasteiger partial charge in [-0.25, -0.2) is 0 Å². The van der Waals surface area contributed by atoms with E-state index in [1.165, 1.54) is 11.3 Å². The summed E-state index contributed by atoms with van der Waals surface area (Å²) in [5.74, 6) is 5.81. The molecule has 0 aliphatic heterocycles. The Balaban J connectivity index is 1.99. The van der Waals surface area contributed by atoms with Gasteiger partial charge in [-0.1, -0.05) is 11.8 Å². The Morgan fingerprint density at radius 2 is 2.40 bits per heavy atom. The van der Waals surface area contributed by atoms with Gasteiger partial charge in [-0.15, -0.1) is 11.3 Å². The van der Waals surface area contributed by atoms with E-state index in [9.17, 15) is 4.79 Å². The van der Waals surface area contributed by atoms with Gasteiger partial charge in [-0.2, -0.15) is 0 Å². The molecular weight excluding hydrogens is 272 g/mol. The first-order valence-electron chi connectivity index (χ1n) is 6.77. The standard InChI is InChI=1S/C15H20N2O2S/c1-10-8-14(20-13(10)4-3-7-16)15(18)17-11-5-6-12(9-11)19-2/h8,11-12H,5-7,9,16H2,1-2H3,(H,17,18). The molecule has 0 spiro atoms. The number of hydrogen-bond donors (Lipinski definition) is 2. The van der Waals surface area contributed by atoms with E-state index in [0.29, 0.717) is 11.4 Å². The molecule has 1 fully saturated rings. The Morgan fingerprint density at radius 1 is 1.60 bits per heavy atom. The van der Waals surface area contributed by atoms with Crippen molar-refractivity contribution in [1.29, 1.82) is 0 Å². The number of aryl methyl sites for hydroxylation is 1. The number of thiophene rings is 1. The Morgan fingerprint density at radius 3 is 3.05 bits per heavy atom. The SMILES string of the molecule is COC1CCC(NC(=O)c2cc(C)c(C#CCN)s2)C1. The number of rotatable bonds is 3. The third-order valence-electron chi connectivity index (χ3n) is 3.50. The molecule has 1 aliphatic carbocycles. The van der Waals surface area contributed by atoms with Crippen LogP contribution < -0.4 is 11.1 Å². The van der Waals surface area contributed by atoms with Gasteiger partial charge in [0, 0.05) is 13.2 Å². The number of carbonyl (C=O) groups excluding carboxylic acids is 1. The van der Waals surface area contributed by atoms with Crippen LogP contribution in [0.2, 0.25) is 0 Å². The molecule has 0 saturated heterocycles. The first kappa shape index (κ1) is 15.0. The number of hydrogen-bond acceptors (Lipinski definition) is 4. The zero-order chi connectivity index (χ0) is 14.5. The normalized spacial score (nSPS) is 21.4. The summed E-state index contributed by atoms with van der Waals surface area (Å²) in [6.45, 7) is 2.30. The van der Waals surface area contributed by atoms with E-state index in [1.54, 1.807) is 7.11 Å². The van der Waals surface area contributed by atoms with Crippen LogP contribution in [0.5, 0.6) is 0 Å². The van der Waals surface area contributed by atoms with Crippen molar-refractivity contribution in [2.75, 3.05) is 13.7 Å². The Hall–Kier alpha value is -1.35. The summed E-state index contributed by atoms with van der Waals surface area (Å²) in [6, 6.07) is 2.11. The number of ether oxygens (including phenoxy) is 1. The van der Waals surface area contributed by atoms with Crippen molar-refractivity contribution in [3.8, 4) is 11.8 Å². The van der Waals surface area contributed by atoms with E-state index in [1.807, 2.05) is 13.0 Å². The largest absolute Gasteiger partial charge is 0.381 e. The molecule has 0 aromatic carbocycles. The van der Waals surface area contributed by atoms with Gasteiger partial charge in [0.25, 0.3) is 5.91 Å².